The number of hydrogen-bond donors (Lipinski definition) is 1. The third kappa shape index (κ3) is 4.21. The molecule has 0 unspecified atom stereocenters. The molecule has 11 heteroatoms. The molecule has 1 N–H and O–H groups in total. The van der Waals surface area contributed by atoms with Crippen molar-refractivity contribution in [2.75, 3.05) is 13.2 Å². The van der Waals surface area contributed by atoms with Gasteiger partial charge in [0.15, 0.2) is 6.23 Å². The summed E-state index contributed by atoms with van der Waals surface area (Å²) in [6.45, 7) is 3.52. The highest BCUT2D eigenvalue weighted by Gasteiger charge is 2.50. The number of H-pyrrole nitrogens is 1. The summed E-state index contributed by atoms with van der Waals surface area (Å²) in [5.74, 6) is -3.35. The zero-order valence-electron chi connectivity index (χ0n) is 14.1. The fraction of sp³-hybridized carbons (Fsp3) is 0.600. The van der Waals surface area contributed by atoms with Crippen LogP contribution in [-0.4, -0.2) is 45.6 Å². The van der Waals surface area contributed by atoms with Crippen LogP contribution in [0, 0.1) is 11.7 Å². The smallest absolute Gasteiger partial charge is 0.330 e. The number of ether oxygens (including phenoxy) is 3. The van der Waals surface area contributed by atoms with E-state index in [4.69, 9.17) is 14.2 Å². The van der Waals surface area contributed by atoms with Crippen molar-refractivity contribution in [3.05, 3.63) is 32.9 Å². The van der Waals surface area contributed by atoms with Gasteiger partial charge in [-0.25, -0.2) is 4.79 Å². The van der Waals surface area contributed by atoms with Crippen molar-refractivity contribution in [1.82, 2.24) is 9.55 Å². The molecule has 1 aromatic rings. The molecule has 0 radical (unpaired) electrons. The van der Waals surface area contributed by atoms with E-state index in [0.717, 1.165) is 4.57 Å². The molecule has 1 aromatic heterocycles. The van der Waals surface area contributed by atoms with Crippen LogP contribution in [0.25, 0.3) is 0 Å². The third-order valence-corrected chi connectivity index (χ3v) is 4.78. The third-order valence-electron chi connectivity index (χ3n) is 3.76. The van der Waals surface area contributed by atoms with Gasteiger partial charge in [0.05, 0.1) is 36.8 Å². The van der Waals surface area contributed by atoms with Crippen molar-refractivity contribution in [1.29, 1.82) is 0 Å². The van der Waals surface area contributed by atoms with Gasteiger partial charge in [0.2, 0.25) is 5.82 Å². The van der Waals surface area contributed by atoms with Crippen LogP contribution in [0.4, 0.5) is 4.39 Å². The van der Waals surface area contributed by atoms with Gasteiger partial charge in [-0.15, -0.1) is 0 Å². The summed E-state index contributed by atoms with van der Waals surface area (Å²) in [6, 6.07) is 0. The lowest BCUT2D eigenvalue weighted by Gasteiger charge is -2.18. The fourth-order valence-corrected chi connectivity index (χ4v) is 3.61. The predicted molar refractivity (Wildman–Crippen MR) is 89.3 cm³/mol. The summed E-state index contributed by atoms with van der Waals surface area (Å²) in [5, 5.41) is 0. The summed E-state index contributed by atoms with van der Waals surface area (Å²) >= 11 is 3.27. The first-order valence-corrected chi connectivity index (χ1v) is 8.84. The minimum absolute atomic E-state index is 0.110. The number of carbonyl (C=O) groups excluding carboxylic acids is 2. The number of aromatic amines is 1. The van der Waals surface area contributed by atoms with Gasteiger partial charge < -0.3 is 14.2 Å². The lowest BCUT2D eigenvalue weighted by molar-refractivity contribution is -0.153. The first-order valence-electron chi connectivity index (χ1n) is 7.92. The molecule has 1 aliphatic rings. The van der Waals surface area contributed by atoms with Gasteiger partial charge in [0.1, 0.15) is 5.92 Å². The Bertz CT molecular complexity index is 793. The lowest BCUT2D eigenvalue weighted by atomic mass is 9.98. The van der Waals surface area contributed by atoms with E-state index in [1.54, 1.807) is 13.8 Å². The molecule has 2 heterocycles. The molecule has 0 aromatic carbocycles. The summed E-state index contributed by atoms with van der Waals surface area (Å²) in [5.41, 5.74) is -2.08. The van der Waals surface area contributed by atoms with Crippen LogP contribution in [0.15, 0.2) is 15.8 Å². The highest BCUT2D eigenvalue weighted by atomic mass is 79.9. The monoisotopic (exact) mass is 436 g/mol. The van der Waals surface area contributed by atoms with E-state index in [9.17, 15) is 23.6 Å². The molecule has 0 saturated carbocycles. The van der Waals surface area contributed by atoms with Gasteiger partial charge in [-0.3, -0.25) is 23.9 Å². The molecular weight excluding hydrogens is 419 g/mol. The van der Waals surface area contributed by atoms with E-state index in [-0.39, 0.29) is 19.6 Å². The van der Waals surface area contributed by atoms with Gasteiger partial charge in [0.25, 0.3) is 5.56 Å². The van der Waals surface area contributed by atoms with Crippen LogP contribution in [0.3, 0.4) is 0 Å². The van der Waals surface area contributed by atoms with Gasteiger partial charge >= 0.3 is 17.6 Å². The molecule has 0 bridgehead atoms. The number of rotatable bonds is 6. The van der Waals surface area contributed by atoms with E-state index < -0.39 is 52.1 Å². The number of nitrogens with zero attached hydrogens (tertiary/aromatic N) is 1. The number of nitrogens with one attached hydrogen (secondary N) is 1. The number of hydrogen-bond acceptors (Lipinski definition) is 7. The molecule has 9 nitrogen and oxygen atoms in total. The second kappa shape index (κ2) is 8.58. The first-order chi connectivity index (χ1) is 12.3. The molecular formula is C15H18BrFN2O7. The maximum absolute atomic E-state index is 13.6. The summed E-state index contributed by atoms with van der Waals surface area (Å²) < 4.78 is 29.9. The SMILES string of the molecule is CCOC(=O)C[C@@H]1O[C@@H](n2cc(F)c(=O)[nH]c2=O)[C@@H](Br)[C@H]1C(=O)OCC. The molecule has 0 amide bonds. The van der Waals surface area contributed by atoms with Crippen molar-refractivity contribution in [2.45, 2.75) is 37.4 Å². The van der Waals surface area contributed by atoms with Gasteiger partial charge in [0, 0.05) is 0 Å². The van der Waals surface area contributed by atoms with Crippen LogP contribution in [0.1, 0.15) is 26.5 Å². The Labute approximate surface area is 155 Å². The van der Waals surface area contributed by atoms with Gasteiger partial charge in [-0.05, 0) is 13.8 Å². The molecule has 1 aliphatic heterocycles. The number of aromatic nitrogens is 2. The minimum Gasteiger partial charge on any atom is -0.466 e. The minimum atomic E-state index is -1.19. The van der Waals surface area contributed by atoms with E-state index in [1.807, 2.05) is 4.98 Å². The van der Waals surface area contributed by atoms with Crippen LogP contribution < -0.4 is 11.2 Å². The maximum Gasteiger partial charge on any atom is 0.330 e. The molecule has 2 rings (SSSR count). The molecule has 0 aliphatic carbocycles. The van der Waals surface area contributed by atoms with E-state index in [1.165, 1.54) is 0 Å². The topological polar surface area (TPSA) is 117 Å². The number of esters is 2. The fourth-order valence-electron chi connectivity index (χ4n) is 2.67. The largest absolute Gasteiger partial charge is 0.466 e. The lowest BCUT2D eigenvalue weighted by Crippen LogP contribution is -2.37. The molecule has 1 fully saturated rings. The summed E-state index contributed by atoms with van der Waals surface area (Å²) in [6.07, 6.45) is -1.65. The molecule has 4 atom stereocenters. The van der Waals surface area contributed by atoms with E-state index >= 15 is 0 Å². The normalized spacial score (nSPS) is 25.1. The Kier molecular flexibility index (Phi) is 6.70. The van der Waals surface area contributed by atoms with Crippen LogP contribution in [0.5, 0.6) is 0 Å². The van der Waals surface area contributed by atoms with Crippen molar-refractivity contribution in [2.24, 2.45) is 5.92 Å². The van der Waals surface area contributed by atoms with Crippen molar-refractivity contribution in [3.63, 3.8) is 0 Å². The second-order valence-corrected chi connectivity index (χ2v) is 6.50. The number of halogens is 2. The maximum atomic E-state index is 13.6. The Morgan fingerprint density at radius 3 is 2.58 bits per heavy atom. The first kappa shape index (κ1) is 20.3. The summed E-state index contributed by atoms with van der Waals surface area (Å²) in [7, 11) is 0. The number of alkyl halides is 1. The Morgan fingerprint density at radius 2 is 1.96 bits per heavy atom. The zero-order valence-corrected chi connectivity index (χ0v) is 15.7. The Morgan fingerprint density at radius 1 is 1.31 bits per heavy atom. The van der Waals surface area contributed by atoms with Crippen LogP contribution in [-0.2, 0) is 23.8 Å². The quantitative estimate of drug-likeness (QED) is 0.508. The number of carbonyl (C=O) groups is 2. The highest BCUT2D eigenvalue weighted by Crippen LogP contribution is 2.40. The second-order valence-electron chi connectivity index (χ2n) is 5.44. The average Bonchev–Trinajstić information content (AvgIpc) is 2.87. The zero-order chi connectivity index (χ0) is 19.4. The molecule has 0 spiro atoms. The van der Waals surface area contributed by atoms with Crippen molar-refractivity contribution >= 4 is 27.9 Å². The highest BCUT2D eigenvalue weighted by molar-refractivity contribution is 9.09. The molecule has 144 valence electrons. The van der Waals surface area contributed by atoms with Crippen molar-refractivity contribution < 1.29 is 28.2 Å². The molecule has 1 saturated heterocycles. The van der Waals surface area contributed by atoms with E-state index in [2.05, 4.69) is 15.9 Å². The predicted octanol–water partition coefficient (Wildman–Crippen LogP) is 0.469. The summed E-state index contributed by atoms with van der Waals surface area (Å²) in [4.78, 5) is 48.3. The van der Waals surface area contributed by atoms with Crippen molar-refractivity contribution in [3.8, 4) is 0 Å². The molecule has 26 heavy (non-hydrogen) atoms. The van der Waals surface area contributed by atoms with Crippen LogP contribution in [0.2, 0.25) is 0 Å². The van der Waals surface area contributed by atoms with Gasteiger partial charge in [-0.2, -0.15) is 4.39 Å². The Hall–Kier alpha value is -2.01. The van der Waals surface area contributed by atoms with E-state index in [0.29, 0.717) is 6.20 Å². The van der Waals surface area contributed by atoms with Crippen LogP contribution >= 0.6 is 15.9 Å². The van der Waals surface area contributed by atoms with Gasteiger partial charge in [-0.1, -0.05) is 15.9 Å². The Balaban J connectivity index is 2.36. The average molecular weight is 437 g/mol. The standard InChI is InChI=1S/C15H18BrFN2O7/c1-3-24-9(20)5-8-10(14(22)25-4-2)11(16)13(26-8)19-6-7(17)12(21)18-15(19)23/h6,8,10-11,13H,3-5H2,1-2H3,(H,18,21,23)/t8-,10-,11-,13+/m0/s1.